The normalized spacial score (nSPS) is 22.0. The third-order valence-electron chi connectivity index (χ3n) is 6.01. The lowest BCUT2D eigenvalue weighted by Crippen LogP contribution is -2.36. The smallest absolute Gasteiger partial charge is 0.430 e. The fraction of sp³-hybridized carbons (Fsp3) is 0.400. The zero-order chi connectivity index (χ0) is 20.4. The highest BCUT2D eigenvalue weighted by Gasteiger charge is 2.34. The van der Waals surface area contributed by atoms with Crippen molar-refractivity contribution in [2.45, 2.75) is 46.1 Å². The maximum absolute atomic E-state index is 12.7. The zero-order valence-electron chi connectivity index (χ0n) is 17.3. The lowest BCUT2D eigenvalue weighted by Gasteiger charge is -2.36. The number of benzene rings is 2. The monoisotopic (exact) mass is 392 g/mol. The van der Waals surface area contributed by atoms with Gasteiger partial charge in [-0.15, -0.1) is 0 Å². The van der Waals surface area contributed by atoms with E-state index in [2.05, 4.69) is 20.8 Å². The fourth-order valence-corrected chi connectivity index (χ4v) is 4.45. The number of fused-ring (bicyclic) bond motifs is 1. The summed E-state index contributed by atoms with van der Waals surface area (Å²) in [7, 11) is 0. The molecule has 1 fully saturated rings. The quantitative estimate of drug-likeness (QED) is 0.445. The highest BCUT2D eigenvalue weighted by atomic mass is 16.8. The summed E-state index contributed by atoms with van der Waals surface area (Å²) in [6.45, 7) is 6.59. The van der Waals surface area contributed by atoms with Crippen molar-refractivity contribution in [3.63, 3.8) is 0 Å². The van der Waals surface area contributed by atoms with Crippen molar-refractivity contribution in [1.29, 1.82) is 0 Å². The van der Waals surface area contributed by atoms with Gasteiger partial charge in [-0.3, -0.25) is 0 Å². The van der Waals surface area contributed by atoms with Crippen LogP contribution in [0, 0.1) is 17.8 Å². The molecule has 1 aromatic heterocycles. The van der Waals surface area contributed by atoms with Crippen molar-refractivity contribution < 1.29 is 18.7 Å². The van der Waals surface area contributed by atoms with Gasteiger partial charge in [-0.2, -0.15) is 0 Å². The highest BCUT2D eigenvalue weighted by Crippen LogP contribution is 2.41. The minimum atomic E-state index is -0.689. The maximum Gasteiger partial charge on any atom is 0.516 e. The predicted molar refractivity (Wildman–Crippen MR) is 114 cm³/mol. The van der Waals surface area contributed by atoms with Crippen LogP contribution in [0.5, 0.6) is 5.95 Å². The van der Waals surface area contributed by atoms with Crippen LogP contribution in [-0.4, -0.2) is 12.3 Å². The Balaban J connectivity index is 1.60. The van der Waals surface area contributed by atoms with Crippen molar-refractivity contribution in [3.8, 4) is 17.1 Å². The van der Waals surface area contributed by atoms with Crippen LogP contribution < -0.4 is 4.74 Å². The van der Waals surface area contributed by atoms with Crippen LogP contribution in [0.4, 0.5) is 4.79 Å². The van der Waals surface area contributed by atoms with Gasteiger partial charge in [0.1, 0.15) is 11.7 Å². The van der Waals surface area contributed by atoms with Crippen LogP contribution in [0.1, 0.15) is 40.0 Å². The number of carbonyl (C=O) groups is 1. The van der Waals surface area contributed by atoms with Gasteiger partial charge in [0.2, 0.25) is 0 Å². The predicted octanol–water partition coefficient (Wildman–Crippen LogP) is 7.08. The molecular formula is C25H28O4. The first-order chi connectivity index (χ1) is 14.0. The van der Waals surface area contributed by atoms with Crippen LogP contribution >= 0.6 is 0 Å². The summed E-state index contributed by atoms with van der Waals surface area (Å²) >= 11 is 0. The Hall–Kier alpha value is -2.75. The molecule has 152 valence electrons. The molecule has 4 rings (SSSR count). The standard InChI is InChI=1S/C25H28O4/c1-16(2)19-14-13-17(3)15-22(19)28-25(26)29-24-23(18-9-5-4-6-10-18)20-11-7-8-12-21(20)27-24/h4-12,16-17,19,22H,13-15H2,1-3H3/t17-,19+,22-/m1/s1. The average Bonchev–Trinajstić information content (AvgIpc) is 3.06. The number of furan rings is 1. The summed E-state index contributed by atoms with van der Waals surface area (Å²) in [5, 5.41) is 0.910. The Bertz CT molecular complexity index is 973. The number of hydrogen-bond acceptors (Lipinski definition) is 4. The Labute approximate surface area is 171 Å². The fourth-order valence-electron chi connectivity index (χ4n) is 4.45. The Morgan fingerprint density at radius 2 is 1.76 bits per heavy atom. The first kappa shape index (κ1) is 19.6. The van der Waals surface area contributed by atoms with Gasteiger partial charge in [-0.05, 0) is 42.2 Å². The van der Waals surface area contributed by atoms with Crippen LogP contribution in [0.25, 0.3) is 22.1 Å². The van der Waals surface area contributed by atoms with Crippen molar-refractivity contribution >= 4 is 17.1 Å². The van der Waals surface area contributed by atoms with E-state index in [0.29, 0.717) is 23.3 Å². The van der Waals surface area contributed by atoms with E-state index in [9.17, 15) is 4.79 Å². The SMILES string of the molecule is CC(C)[C@@H]1CC[C@@H](C)C[C@H]1OC(=O)Oc1oc2ccccc2c1-c1ccccc1. The molecule has 1 aliphatic carbocycles. The van der Waals surface area contributed by atoms with Crippen molar-refractivity contribution in [1.82, 2.24) is 0 Å². The summed E-state index contributed by atoms with van der Waals surface area (Å²) in [6, 6.07) is 17.5. The Morgan fingerprint density at radius 1 is 1.03 bits per heavy atom. The average molecular weight is 392 g/mol. The molecule has 0 amide bonds. The molecule has 0 aliphatic heterocycles. The second-order valence-electron chi connectivity index (χ2n) is 8.46. The minimum Gasteiger partial charge on any atom is -0.430 e. The van der Waals surface area contributed by atoms with Gasteiger partial charge >= 0.3 is 12.1 Å². The summed E-state index contributed by atoms with van der Waals surface area (Å²) in [5.41, 5.74) is 2.39. The van der Waals surface area contributed by atoms with Crippen LogP contribution in [0.2, 0.25) is 0 Å². The van der Waals surface area contributed by atoms with E-state index >= 15 is 0 Å². The molecule has 1 saturated carbocycles. The summed E-state index contributed by atoms with van der Waals surface area (Å²) < 4.78 is 17.3. The summed E-state index contributed by atoms with van der Waals surface area (Å²) in [6.07, 6.45) is 2.33. The van der Waals surface area contributed by atoms with E-state index in [1.54, 1.807) is 0 Å². The first-order valence-corrected chi connectivity index (χ1v) is 10.5. The molecule has 4 heteroatoms. The lowest BCUT2D eigenvalue weighted by molar-refractivity contribution is -0.0161. The Kier molecular flexibility index (Phi) is 5.61. The summed E-state index contributed by atoms with van der Waals surface area (Å²) in [4.78, 5) is 12.7. The highest BCUT2D eigenvalue weighted by molar-refractivity contribution is 5.97. The molecule has 29 heavy (non-hydrogen) atoms. The molecule has 2 aromatic carbocycles. The lowest BCUT2D eigenvalue weighted by atomic mass is 9.75. The molecule has 3 aromatic rings. The van der Waals surface area contributed by atoms with Crippen molar-refractivity contribution in [2.24, 2.45) is 17.8 Å². The molecule has 0 bridgehead atoms. The molecule has 3 atom stereocenters. The maximum atomic E-state index is 12.7. The molecule has 1 heterocycles. The van der Waals surface area contributed by atoms with Crippen molar-refractivity contribution in [2.75, 3.05) is 0 Å². The molecule has 0 unspecified atom stereocenters. The third kappa shape index (κ3) is 4.16. The van der Waals surface area contributed by atoms with Gasteiger partial charge < -0.3 is 13.9 Å². The second kappa shape index (κ2) is 8.32. The largest absolute Gasteiger partial charge is 0.516 e. The summed E-state index contributed by atoms with van der Waals surface area (Å²) in [5.74, 6) is 1.57. The number of carbonyl (C=O) groups excluding carboxylic acids is 1. The molecule has 0 spiro atoms. The van der Waals surface area contributed by atoms with Gasteiger partial charge in [-0.1, -0.05) is 75.7 Å². The van der Waals surface area contributed by atoms with Crippen molar-refractivity contribution in [3.05, 3.63) is 54.6 Å². The van der Waals surface area contributed by atoms with E-state index in [4.69, 9.17) is 13.9 Å². The Morgan fingerprint density at radius 3 is 2.52 bits per heavy atom. The number of rotatable bonds is 4. The molecule has 0 saturated heterocycles. The molecule has 0 N–H and O–H groups in total. The van der Waals surface area contributed by atoms with Gasteiger partial charge in [0.25, 0.3) is 0 Å². The molecular weight excluding hydrogens is 364 g/mol. The van der Waals surface area contributed by atoms with Gasteiger partial charge in [-0.25, -0.2) is 4.79 Å². The van der Waals surface area contributed by atoms with Crippen LogP contribution in [0.3, 0.4) is 0 Å². The zero-order valence-corrected chi connectivity index (χ0v) is 17.3. The minimum absolute atomic E-state index is 0.115. The molecule has 0 radical (unpaired) electrons. The number of para-hydroxylation sites is 1. The van der Waals surface area contributed by atoms with Crippen LogP contribution in [-0.2, 0) is 4.74 Å². The van der Waals surface area contributed by atoms with Crippen LogP contribution in [0.15, 0.2) is 59.0 Å². The van der Waals surface area contributed by atoms with E-state index in [1.807, 2.05) is 54.6 Å². The van der Waals surface area contributed by atoms with E-state index in [0.717, 1.165) is 29.4 Å². The van der Waals surface area contributed by atoms with Gasteiger partial charge in [0, 0.05) is 5.39 Å². The first-order valence-electron chi connectivity index (χ1n) is 10.5. The number of hydrogen-bond donors (Lipinski definition) is 0. The van der Waals surface area contributed by atoms with E-state index in [-0.39, 0.29) is 12.1 Å². The third-order valence-corrected chi connectivity index (χ3v) is 6.01. The number of ether oxygens (including phenoxy) is 2. The second-order valence-corrected chi connectivity index (χ2v) is 8.46. The van der Waals surface area contributed by atoms with E-state index in [1.165, 1.54) is 6.42 Å². The topological polar surface area (TPSA) is 48.7 Å². The van der Waals surface area contributed by atoms with E-state index < -0.39 is 6.16 Å². The molecule has 4 nitrogen and oxygen atoms in total. The van der Waals surface area contributed by atoms with Gasteiger partial charge in [0.15, 0.2) is 0 Å². The molecule has 1 aliphatic rings. The van der Waals surface area contributed by atoms with Gasteiger partial charge in [0.05, 0.1) is 5.56 Å².